The molecule has 7 rings (SSSR count). The van der Waals surface area contributed by atoms with Crippen LogP contribution in [0.3, 0.4) is 0 Å². The summed E-state index contributed by atoms with van der Waals surface area (Å²) >= 11 is 3.76. The molecule has 44 heavy (non-hydrogen) atoms. The molecule has 1 aliphatic carbocycles. The van der Waals surface area contributed by atoms with Crippen LogP contribution in [0.2, 0.25) is 0 Å². The van der Waals surface area contributed by atoms with Crippen molar-refractivity contribution < 1.29 is 0 Å². The summed E-state index contributed by atoms with van der Waals surface area (Å²) in [4.78, 5) is 7.59. The number of fused-ring (bicyclic) bond motifs is 6. The van der Waals surface area contributed by atoms with Crippen LogP contribution in [0.5, 0.6) is 0 Å². The smallest absolute Gasteiger partial charge is 0.0511 e. The van der Waals surface area contributed by atoms with Crippen molar-refractivity contribution in [2.45, 2.75) is 41.0 Å². The van der Waals surface area contributed by atoms with Gasteiger partial charge in [-0.25, -0.2) is 0 Å². The number of hydrogen-bond acceptors (Lipinski definition) is 2. The van der Waals surface area contributed by atoms with E-state index in [1.54, 1.807) is 0 Å². The molecule has 3 aromatic carbocycles. The molecule has 0 saturated carbocycles. The fraction of sp³-hybridized carbons (Fsp3) is 0.146. The molecule has 3 heteroatoms. The molecule has 1 nitrogen and oxygen atoms in total. The number of benzene rings is 3. The third-order valence-corrected chi connectivity index (χ3v) is 11.7. The summed E-state index contributed by atoms with van der Waals surface area (Å²) < 4.78 is 1.35. The van der Waals surface area contributed by atoms with Gasteiger partial charge >= 0.3 is 0 Å². The van der Waals surface area contributed by atoms with E-state index in [9.17, 15) is 0 Å². The van der Waals surface area contributed by atoms with Crippen molar-refractivity contribution in [3.8, 4) is 0 Å². The highest BCUT2D eigenvalue weighted by Crippen LogP contribution is 2.44. The summed E-state index contributed by atoms with van der Waals surface area (Å²) in [6.07, 6.45) is 14.0. The molecule has 0 spiro atoms. The van der Waals surface area contributed by atoms with E-state index in [-0.39, 0.29) is 0 Å². The lowest BCUT2D eigenvalue weighted by Gasteiger charge is -2.09. The van der Waals surface area contributed by atoms with Gasteiger partial charge in [0.2, 0.25) is 0 Å². The van der Waals surface area contributed by atoms with Crippen LogP contribution >= 0.6 is 22.7 Å². The molecular formula is C41H35NS2. The SMILES string of the molecule is C=Cc1c(/C(=C\CC)c2ccc3[nH]c4ccc(C5=C=CC=Cc6c5sc5c(C)cccc65)cc4c3c2)sc(/C(C)=C\C)c1C. The Kier molecular flexibility index (Phi) is 7.26. The summed E-state index contributed by atoms with van der Waals surface area (Å²) in [5, 5.41) is 3.79. The van der Waals surface area contributed by atoms with E-state index in [1.165, 1.54) is 80.0 Å². The zero-order valence-corrected chi connectivity index (χ0v) is 27.5. The molecule has 3 aromatic heterocycles. The Bertz CT molecular complexity index is 2300. The topological polar surface area (TPSA) is 15.8 Å². The number of hydrogen-bond donors (Lipinski definition) is 1. The van der Waals surface area contributed by atoms with E-state index in [2.05, 4.69) is 131 Å². The molecular weight excluding hydrogens is 571 g/mol. The van der Waals surface area contributed by atoms with Crippen molar-refractivity contribution in [2.75, 3.05) is 0 Å². The average Bonchev–Trinajstić information content (AvgIpc) is 3.65. The molecule has 0 aliphatic heterocycles. The Morgan fingerprint density at radius 3 is 2.52 bits per heavy atom. The molecule has 3 heterocycles. The second-order valence-electron chi connectivity index (χ2n) is 11.5. The number of aromatic amines is 1. The number of aromatic nitrogens is 1. The number of allylic oxidation sites excluding steroid dienone is 5. The third kappa shape index (κ3) is 4.52. The molecule has 1 aliphatic rings. The first-order chi connectivity index (χ1) is 21.4. The van der Waals surface area contributed by atoms with Gasteiger partial charge in [-0.05, 0) is 103 Å². The average molecular weight is 606 g/mol. The van der Waals surface area contributed by atoms with Gasteiger partial charge in [-0.3, -0.25) is 0 Å². The first kappa shape index (κ1) is 28.4. The lowest BCUT2D eigenvalue weighted by atomic mass is 9.95. The molecule has 216 valence electrons. The molecule has 0 fully saturated rings. The van der Waals surface area contributed by atoms with Crippen LogP contribution in [0.15, 0.2) is 91.2 Å². The lowest BCUT2D eigenvalue weighted by Crippen LogP contribution is -1.89. The fourth-order valence-corrected chi connectivity index (χ4v) is 9.12. The van der Waals surface area contributed by atoms with Gasteiger partial charge in [-0.15, -0.1) is 28.4 Å². The van der Waals surface area contributed by atoms with Crippen LogP contribution in [0.25, 0.3) is 60.8 Å². The number of thiophene rings is 2. The van der Waals surface area contributed by atoms with Gasteiger partial charge in [0.1, 0.15) is 0 Å². The molecule has 0 unspecified atom stereocenters. The van der Waals surface area contributed by atoms with Crippen molar-refractivity contribution in [1.82, 2.24) is 4.98 Å². The Labute approximate surface area is 267 Å². The normalized spacial score (nSPS) is 13.6. The van der Waals surface area contributed by atoms with Crippen molar-refractivity contribution in [3.05, 3.63) is 139 Å². The van der Waals surface area contributed by atoms with E-state index >= 15 is 0 Å². The Morgan fingerprint density at radius 2 is 1.75 bits per heavy atom. The van der Waals surface area contributed by atoms with Crippen LogP contribution in [-0.2, 0) is 0 Å². The summed E-state index contributed by atoms with van der Waals surface area (Å²) in [6.45, 7) is 15.2. The first-order valence-electron chi connectivity index (χ1n) is 15.2. The van der Waals surface area contributed by atoms with Crippen molar-refractivity contribution in [1.29, 1.82) is 0 Å². The number of H-pyrrole nitrogens is 1. The maximum Gasteiger partial charge on any atom is 0.0511 e. The minimum absolute atomic E-state index is 0.961. The second-order valence-corrected chi connectivity index (χ2v) is 13.5. The van der Waals surface area contributed by atoms with Crippen molar-refractivity contribution in [3.63, 3.8) is 0 Å². The lowest BCUT2D eigenvalue weighted by molar-refractivity contribution is 1.23. The summed E-state index contributed by atoms with van der Waals surface area (Å²) in [6, 6.07) is 20.3. The molecule has 0 amide bonds. The summed E-state index contributed by atoms with van der Waals surface area (Å²) in [7, 11) is 0. The number of nitrogens with one attached hydrogen (secondary N) is 1. The second kappa shape index (κ2) is 11.3. The van der Waals surface area contributed by atoms with Gasteiger partial charge in [0.25, 0.3) is 0 Å². The van der Waals surface area contributed by atoms with Crippen LogP contribution < -0.4 is 0 Å². The van der Waals surface area contributed by atoms with Gasteiger partial charge < -0.3 is 4.98 Å². The summed E-state index contributed by atoms with van der Waals surface area (Å²) in [5.74, 6) is 0. The monoisotopic (exact) mass is 605 g/mol. The van der Waals surface area contributed by atoms with Crippen molar-refractivity contribution >= 4 is 83.4 Å². The van der Waals surface area contributed by atoms with Gasteiger partial charge in [0.05, 0.1) is 4.88 Å². The van der Waals surface area contributed by atoms with E-state index in [0.717, 1.165) is 23.0 Å². The largest absolute Gasteiger partial charge is 0.355 e. The van der Waals surface area contributed by atoms with Crippen LogP contribution in [0, 0.1) is 13.8 Å². The van der Waals surface area contributed by atoms with Gasteiger partial charge in [0, 0.05) is 52.8 Å². The zero-order valence-electron chi connectivity index (χ0n) is 25.9. The highest BCUT2D eigenvalue weighted by molar-refractivity contribution is 7.20. The maximum absolute atomic E-state index is 4.21. The number of rotatable bonds is 6. The standard InChI is InChI=1S/C41H35NS2/c1-7-13-30(40-29(9-3)26(6)38(43-40)24(4)8-2)27-18-20-36-34(22-27)35-23-28(19-21-37(35)42-36)31-15-10-11-16-33-32-17-12-14-25(5)39(32)44-41(31)33/h8-14,16-23,42H,3,7H2,1-2,4-6H3/b24-8-,30-13-. The third-order valence-electron chi connectivity index (χ3n) is 8.80. The van der Waals surface area contributed by atoms with E-state index in [1.807, 2.05) is 34.8 Å². The highest BCUT2D eigenvalue weighted by atomic mass is 32.1. The fourth-order valence-electron chi connectivity index (χ4n) is 6.43. The predicted octanol–water partition coefficient (Wildman–Crippen LogP) is 12.7. The maximum atomic E-state index is 4.21. The molecule has 0 radical (unpaired) electrons. The van der Waals surface area contributed by atoms with Crippen LogP contribution in [0.4, 0.5) is 0 Å². The van der Waals surface area contributed by atoms with Gasteiger partial charge in [-0.2, -0.15) is 0 Å². The molecule has 0 saturated heterocycles. The molecule has 0 atom stereocenters. The molecule has 6 aromatic rings. The quantitative estimate of drug-likeness (QED) is 0.182. The molecule has 1 N–H and O–H groups in total. The zero-order chi connectivity index (χ0) is 30.5. The first-order valence-corrected chi connectivity index (χ1v) is 16.9. The van der Waals surface area contributed by atoms with Crippen LogP contribution in [0.1, 0.15) is 75.2 Å². The molecule has 0 bridgehead atoms. The Hall–Kier alpha value is -4.40. The Morgan fingerprint density at radius 1 is 0.955 bits per heavy atom. The van der Waals surface area contributed by atoms with E-state index in [4.69, 9.17) is 0 Å². The number of aryl methyl sites for hydroxylation is 1. The predicted molar refractivity (Wildman–Crippen MR) is 198 cm³/mol. The minimum Gasteiger partial charge on any atom is -0.355 e. The summed E-state index contributed by atoms with van der Waals surface area (Å²) in [5.41, 5.74) is 17.3. The minimum atomic E-state index is 0.961. The highest BCUT2D eigenvalue weighted by Gasteiger charge is 2.20. The van der Waals surface area contributed by atoms with Crippen molar-refractivity contribution in [2.24, 2.45) is 0 Å². The van der Waals surface area contributed by atoms with E-state index < -0.39 is 0 Å². The van der Waals surface area contributed by atoms with Gasteiger partial charge in [0.15, 0.2) is 0 Å². The van der Waals surface area contributed by atoms with E-state index in [0.29, 0.717) is 0 Å². The van der Waals surface area contributed by atoms with Gasteiger partial charge in [-0.1, -0.05) is 74.2 Å². The Balaban J connectivity index is 1.39. The van der Waals surface area contributed by atoms with Crippen LogP contribution in [-0.4, -0.2) is 4.98 Å².